The van der Waals surface area contributed by atoms with Gasteiger partial charge in [-0.3, -0.25) is 4.98 Å². The van der Waals surface area contributed by atoms with Gasteiger partial charge in [0.05, 0.1) is 11.1 Å². The highest BCUT2D eigenvalue weighted by atomic mass is 19.4. The molecule has 3 rings (SSSR count). The zero-order valence-corrected chi connectivity index (χ0v) is 10.5. The quantitative estimate of drug-likeness (QED) is 0.720. The second-order valence-electron chi connectivity index (χ2n) is 4.21. The molecule has 0 spiro atoms. The van der Waals surface area contributed by atoms with Crippen LogP contribution >= 0.6 is 0 Å². The first-order chi connectivity index (χ1) is 10.1. The molecule has 0 aliphatic heterocycles. The second-order valence-corrected chi connectivity index (χ2v) is 4.21. The van der Waals surface area contributed by atoms with E-state index in [1.807, 2.05) is 6.07 Å². The van der Waals surface area contributed by atoms with Crippen LogP contribution in [-0.4, -0.2) is 15.1 Å². The number of alkyl halides is 3. The van der Waals surface area contributed by atoms with Crippen molar-refractivity contribution in [1.82, 2.24) is 15.1 Å². The van der Waals surface area contributed by atoms with Crippen molar-refractivity contribution in [1.29, 1.82) is 0 Å². The fourth-order valence-corrected chi connectivity index (χ4v) is 1.85. The van der Waals surface area contributed by atoms with Gasteiger partial charge in [-0.1, -0.05) is 35.5 Å². The number of halogens is 3. The van der Waals surface area contributed by atoms with Gasteiger partial charge in [-0.25, -0.2) is 0 Å². The lowest BCUT2D eigenvalue weighted by atomic mass is 10.1. The first-order valence-corrected chi connectivity index (χ1v) is 5.96. The van der Waals surface area contributed by atoms with Gasteiger partial charge in [-0.15, -0.1) is 0 Å². The topological polar surface area (TPSA) is 51.8 Å². The van der Waals surface area contributed by atoms with Crippen molar-refractivity contribution in [3.63, 3.8) is 0 Å². The molecule has 106 valence electrons. The normalized spacial score (nSPS) is 11.6. The van der Waals surface area contributed by atoms with Crippen LogP contribution in [0.2, 0.25) is 0 Å². The molecule has 0 fully saturated rings. The molecule has 0 aliphatic carbocycles. The van der Waals surface area contributed by atoms with Crippen LogP contribution < -0.4 is 0 Å². The molecule has 21 heavy (non-hydrogen) atoms. The SMILES string of the molecule is FC(F)(F)c1ccncc1-c1nc(-c2ccccc2)no1. The van der Waals surface area contributed by atoms with Gasteiger partial charge in [0.15, 0.2) is 0 Å². The Morgan fingerprint density at radius 3 is 2.48 bits per heavy atom. The molecule has 0 bridgehead atoms. The molecule has 0 amide bonds. The van der Waals surface area contributed by atoms with Gasteiger partial charge in [0.1, 0.15) is 0 Å². The highest BCUT2D eigenvalue weighted by Crippen LogP contribution is 2.36. The van der Waals surface area contributed by atoms with Gasteiger partial charge < -0.3 is 4.52 Å². The third-order valence-corrected chi connectivity index (χ3v) is 2.81. The van der Waals surface area contributed by atoms with E-state index in [0.717, 1.165) is 18.5 Å². The third-order valence-electron chi connectivity index (χ3n) is 2.81. The first kappa shape index (κ1) is 13.3. The largest absolute Gasteiger partial charge is 0.417 e. The van der Waals surface area contributed by atoms with Crippen LogP contribution in [0.25, 0.3) is 22.8 Å². The molecule has 0 aliphatic rings. The Balaban J connectivity index is 2.06. The number of hydrogen-bond donors (Lipinski definition) is 0. The third kappa shape index (κ3) is 2.62. The molecule has 7 heteroatoms. The molecule has 0 radical (unpaired) electrons. The summed E-state index contributed by atoms with van der Waals surface area (Å²) in [5, 5.41) is 3.70. The van der Waals surface area contributed by atoms with Crippen molar-refractivity contribution >= 4 is 0 Å². The summed E-state index contributed by atoms with van der Waals surface area (Å²) in [7, 11) is 0. The Morgan fingerprint density at radius 1 is 1.00 bits per heavy atom. The molecule has 0 saturated heterocycles. The summed E-state index contributed by atoms with van der Waals surface area (Å²) in [5.41, 5.74) is -0.439. The maximum Gasteiger partial charge on any atom is 0.417 e. The Morgan fingerprint density at radius 2 is 1.76 bits per heavy atom. The number of rotatable bonds is 2. The standard InChI is InChI=1S/C14H8F3N3O/c15-14(16,17)11-6-7-18-8-10(11)13-19-12(20-21-13)9-4-2-1-3-5-9/h1-8H. The summed E-state index contributed by atoms with van der Waals surface area (Å²) in [5.74, 6) is 0.0110. The summed E-state index contributed by atoms with van der Waals surface area (Å²) in [4.78, 5) is 7.70. The fraction of sp³-hybridized carbons (Fsp3) is 0.0714. The van der Waals surface area contributed by atoms with Crippen molar-refractivity contribution in [2.24, 2.45) is 0 Å². The van der Waals surface area contributed by atoms with E-state index in [2.05, 4.69) is 15.1 Å². The van der Waals surface area contributed by atoms with Gasteiger partial charge in [0, 0.05) is 18.0 Å². The maximum atomic E-state index is 12.9. The Kier molecular flexibility index (Phi) is 3.17. The van der Waals surface area contributed by atoms with Gasteiger partial charge in [0.25, 0.3) is 5.89 Å². The van der Waals surface area contributed by atoms with Gasteiger partial charge in [-0.2, -0.15) is 18.2 Å². The summed E-state index contributed by atoms with van der Waals surface area (Å²) in [6.45, 7) is 0. The zero-order valence-electron chi connectivity index (χ0n) is 10.5. The highest BCUT2D eigenvalue weighted by molar-refractivity contribution is 5.62. The smallest absolute Gasteiger partial charge is 0.334 e. The van der Waals surface area contributed by atoms with Crippen LogP contribution in [0, 0.1) is 0 Å². The van der Waals surface area contributed by atoms with Gasteiger partial charge in [-0.05, 0) is 6.07 Å². The molecular weight excluding hydrogens is 283 g/mol. The minimum absolute atomic E-state index is 0.214. The van der Waals surface area contributed by atoms with Crippen LogP contribution in [0.1, 0.15) is 5.56 Å². The molecule has 0 unspecified atom stereocenters. The number of benzene rings is 1. The minimum Gasteiger partial charge on any atom is -0.334 e. The Bertz CT molecular complexity index is 753. The van der Waals surface area contributed by atoms with E-state index in [-0.39, 0.29) is 17.3 Å². The summed E-state index contributed by atoms with van der Waals surface area (Å²) in [6.07, 6.45) is -2.38. The van der Waals surface area contributed by atoms with Crippen molar-refractivity contribution in [2.45, 2.75) is 6.18 Å². The van der Waals surface area contributed by atoms with E-state index >= 15 is 0 Å². The molecule has 2 heterocycles. The number of aromatic nitrogens is 3. The lowest BCUT2D eigenvalue weighted by molar-refractivity contribution is -0.137. The zero-order chi connectivity index (χ0) is 14.9. The van der Waals surface area contributed by atoms with E-state index in [0.29, 0.717) is 5.56 Å². The number of pyridine rings is 1. The Labute approximate surface area is 117 Å². The van der Waals surface area contributed by atoms with E-state index in [1.54, 1.807) is 24.3 Å². The molecule has 2 aromatic heterocycles. The van der Waals surface area contributed by atoms with Crippen LogP contribution in [0.5, 0.6) is 0 Å². The molecule has 3 aromatic rings. The van der Waals surface area contributed by atoms with E-state index in [1.165, 1.54) is 0 Å². The molecule has 4 nitrogen and oxygen atoms in total. The van der Waals surface area contributed by atoms with Crippen LogP contribution in [0.15, 0.2) is 53.3 Å². The second kappa shape index (κ2) is 5.01. The van der Waals surface area contributed by atoms with E-state index < -0.39 is 11.7 Å². The van der Waals surface area contributed by atoms with Gasteiger partial charge >= 0.3 is 6.18 Å². The lowest BCUT2D eigenvalue weighted by Crippen LogP contribution is -2.07. The van der Waals surface area contributed by atoms with E-state index in [9.17, 15) is 13.2 Å². The molecule has 0 N–H and O–H groups in total. The highest BCUT2D eigenvalue weighted by Gasteiger charge is 2.35. The summed E-state index contributed by atoms with van der Waals surface area (Å²) >= 11 is 0. The molecule has 0 saturated carbocycles. The van der Waals surface area contributed by atoms with Crippen molar-refractivity contribution < 1.29 is 17.7 Å². The van der Waals surface area contributed by atoms with Crippen molar-refractivity contribution in [3.8, 4) is 22.8 Å². The molecule has 1 aromatic carbocycles. The van der Waals surface area contributed by atoms with Crippen LogP contribution in [0.4, 0.5) is 13.2 Å². The van der Waals surface area contributed by atoms with Crippen molar-refractivity contribution in [2.75, 3.05) is 0 Å². The number of nitrogens with zero attached hydrogens (tertiary/aromatic N) is 3. The van der Waals surface area contributed by atoms with E-state index in [4.69, 9.17) is 4.52 Å². The average molecular weight is 291 g/mol. The fourth-order valence-electron chi connectivity index (χ4n) is 1.85. The van der Waals surface area contributed by atoms with Gasteiger partial charge in [0.2, 0.25) is 5.82 Å². The predicted octanol–water partition coefficient (Wildman–Crippen LogP) is 3.82. The van der Waals surface area contributed by atoms with Crippen molar-refractivity contribution in [3.05, 3.63) is 54.4 Å². The van der Waals surface area contributed by atoms with Crippen LogP contribution in [0.3, 0.4) is 0 Å². The monoisotopic (exact) mass is 291 g/mol. The summed E-state index contributed by atoms with van der Waals surface area (Å²) < 4.78 is 43.8. The lowest BCUT2D eigenvalue weighted by Gasteiger charge is -2.08. The van der Waals surface area contributed by atoms with Crippen LogP contribution in [-0.2, 0) is 6.18 Å². The maximum absolute atomic E-state index is 12.9. The average Bonchev–Trinajstić information content (AvgIpc) is 2.97. The predicted molar refractivity (Wildman–Crippen MR) is 68.0 cm³/mol. The Hall–Kier alpha value is -2.70. The molecule has 0 atom stereocenters. The number of hydrogen-bond acceptors (Lipinski definition) is 4. The first-order valence-electron chi connectivity index (χ1n) is 5.96. The molecular formula is C14H8F3N3O. The minimum atomic E-state index is -4.51. The summed E-state index contributed by atoms with van der Waals surface area (Å²) in [6, 6.07) is 9.72.